The largest absolute Gasteiger partial charge is 0.307 e. The Hall–Kier alpha value is -1.88. The third-order valence-corrected chi connectivity index (χ3v) is 2.24. The highest BCUT2D eigenvalue weighted by molar-refractivity contribution is 5.17. The Morgan fingerprint density at radius 1 is 1.06 bits per heavy atom. The second kappa shape index (κ2) is 5.45. The molecular formula is C12H11F2N3. The fraction of sp³-hybridized carbons (Fsp3) is 0.167. The van der Waals surface area contributed by atoms with Crippen LogP contribution in [0.4, 0.5) is 8.78 Å². The normalized spacial score (nSPS) is 10.5. The van der Waals surface area contributed by atoms with Gasteiger partial charge in [0.2, 0.25) is 0 Å². The first-order valence-corrected chi connectivity index (χ1v) is 5.15. The summed E-state index contributed by atoms with van der Waals surface area (Å²) in [5, 5.41) is 3.07. The number of nitrogens with one attached hydrogen (secondary N) is 1. The molecule has 1 aromatic carbocycles. The maximum atomic E-state index is 12.9. The van der Waals surface area contributed by atoms with Gasteiger partial charge in [-0.3, -0.25) is 9.97 Å². The standard InChI is InChI=1S/C12H11F2N3/c13-11-2-1-9(5-12(11)14)6-16-8-10-7-15-3-4-17-10/h1-5,7,16H,6,8H2. The molecule has 0 bridgehead atoms. The molecule has 0 fully saturated rings. The third-order valence-electron chi connectivity index (χ3n) is 2.24. The lowest BCUT2D eigenvalue weighted by atomic mass is 10.2. The second-order valence-electron chi connectivity index (χ2n) is 3.55. The van der Waals surface area contributed by atoms with Gasteiger partial charge in [-0.05, 0) is 17.7 Å². The summed E-state index contributed by atoms with van der Waals surface area (Å²) in [7, 11) is 0. The summed E-state index contributed by atoms with van der Waals surface area (Å²) in [6, 6.07) is 3.84. The Labute approximate surface area is 97.5 Å². The molecule has 2 rings (SSSR count). The van der Waals surface area contributed by atoms with Crippen LogP contribution in [0.3, 0.4) is 0 Å². The van der Waals surface area contributed by atoms with Crippen LogP contribution < -0.4 is 5.32 Å². The van der Waals surface area contributed by atoms with E-state index >= 15 is 0 Å². The Morgan fingerprint density at radius 3 is 2.65 bits per heavy atom. The van der Waals surface area contributed by atoms with Crippen LogP contribution in [0.25, 0.3) is 0 Å². The molecule has 0 unspecified atom stereocenters. The zero-order valence-electron chi connectivity index (χ0n) is 9.03. The first kappa shape index (κ1) is 11.6. The molecule has 0 aliphatic carbocycles. The predicted octanol–water partition coefficient (Wildman–Crippen LogP) is 2.04. The van der Waals surface area contributed by atoms with Gasteiger partial charge in [-0.1, -0.05) is 6.07 Å². The van der Waals surface area contributed by atoms with Gasteiger partial charge < -0.3 is 5.32 Å². The smallest absolute Gasteiger partial charge is 0.159 e. The van der Waals surface area contributed by atoms with Gasteiger partial charge in [0.25, 0.3) is 0 Å². The summed E-state index contributed by atoms with van der Waals surface area (Å²) in [5.41, 5.74) is 1.49. The quantitative estimate of drug-likeness (QED) is 0.881. The Balaban J connectivity index is 1.88. The molecule has 1 N–H and O–H groups in total. The monoisotopic (exact) mass is 235 g/mol. The van der Waals surface area contributed by atoms with Crippen LogP contribution in [0, 0.1) is 11.6 Å². The van der Waals surface area contributed by atoms with Crippen molar-refractivity contribution in [2.45, 2.75) is 13.1 Å². The van der Waals surface area contributed by atoms with Gasteiger partial charge in [-0.15, -0.1) is 0 Å². The highest BCUT2D eigenvalue weighted by Crippen LogP contribution is 2.08. The van der Waals surface area contributed by atoms with Crippen LogP contribution >= 0.6 is 0 Å². The molecule has 2 aromatic rings. The summed E-state index contributed by atoms with van der Waals surface area (Å²) in [6.07, 6.45) is 4.85. The minimum atomic E-state index is -0.831. The number of nitrogens with zero attached hydrogens (tertiary/aromatic N) is 2. The van der Waals surface area contributed by atoms with Gasteiger partial charge in [0.1, 0.15) is 0 Å². The van der Waals surface area contributed by atoms with E-state index in [1.807, 2.05) is 0 Å². The van der Waals surface area contributed by atoms with Crippen LogP contribution in [0.15, 0.2) is 36.8 Å². The number of hydrogen-bond acceptors (Lipinski definition) is 3. The summed E-state index contributed by atoms with van der Waals surface area (Å²) in [4.78, 5) is 8.01. The Morgan fingerprint density at radius 2 is 1.94 bits per heavy atom. The average molecular weight is 235 g/mol. The van der Waals surface area contributed by atoms with Gasteiger partial charge in [-0.25, -0.2) is 8.78 Å². The van der Waals surface area contributed by atoms with Crippen molar-refractivity contribution >= 4 is 0 Å². The van der Waals surface area contributed by atoms with E-state index in [0.717, 1.165) is 11.8 Å². The van der Waals surface area contributed by atoms with E-state index in [0.29, 0.717) is 18.7 Å². The van der Waals surface area contributed by atoms with E-state index in [1.165, 1.54) is 6.07 Å². The number of hydrogen-bond donors (Lipinski definition) is 1. The van der Waals surface area contributed by atoms with Crippen LogP contribution in [-0.2, 0) is 13.1 Å². The molecule has 0 spiro atoms. The molecular weight excluding hydrogens is 224 g/mol. The topological polar surface area (TPSA) is 37.8 Å². The fourth-order valence-electron chi connectivity index (χ4n) is 1.41. The van der Waals surface area contributed by atoms with Crippen LogP contribution in [-0.4, -0.2) is 9.97 Å². The Kier molecular flexibility index (Phi) is 3.72. The van der Waals surface area contributed by atoms with E-state index in [9.17, 15) is 8.78 Å². The lowest BCUT2D eigenvalue weighted by molar-refractivity contribution is 0.506. The highest BCUT2D eigenvalue weighted by atomic mass is 19.2. The van der Waals surface area contributed by atoms with Gasteiger partial charge >= 0.3 is 0 Å². The maximum absolute atomic E-state index is 12.9. The van der Waals surface area contributed by atoms with Gasteiger partial charge in [-0.2, -0.15) is 0 Å². The summed E-state index contributed by atoms with van der Waals surface area (Å²) in [5.74, 6) is -1.66. The van der Waals surface area contributed by atoms with Crippen LogP contribution in [0.2, 0.25) is 0 Å². The van der Waals surface area contributed by atoms with E-state index in [-0.39, 0.29) is 0 Å². The molecule has 17 heavy (non-hydrogen) atoms. The summed E-state index contributed by atoms with van der Waals surface area (Å²) >= 11 is 0. The second-order valence-corrected chi connectivity index (χ2v) is 3.55. The molecule has 0 radical (unpaired) electrons. The van der Waals surface area contributed by atoms with Crippen molar-refractivity contribution in [3.8, 4) is 0 Å². The lowest BCUT2D eigenvalue weighted by Gasteiger charge is -2.04. The van der Waals surface area contributed by atoms with Gasteiger partial charge in [0.15, 0.2) is 11.6 Å². The molecule has 3 nitrogen and oxygen atoms in total. The van der Waals surface area contributed by atoms with Gasteiger partial charge in [0.05, 0.1) is 5.69 Å². The molecule has 1 heterocycles. The summed E-state index contributed by atoms with van der Waals surface area (Å²) < 4.78 is 25.6. The van der Waals surface area contributed by atoms with E-state index in [1.54, 1.807) is 24.7 Å². The zero-order valence-corrected chi connectivity index (χ0v) is 9.03. The lowest BCUT2D eigenvalue weighted by Crippen LogP contribution is -2.14. The van der Waals surface area contributed by atoms with Crippen molar-refractivity contribution in [1.82, 2.24) is 15.3 Å². The van der Waals surface area contributed by atoms with E-state index in [2.05, 4.69) is 15.3 Å². The molecule has 1 aromatic heterocycles. The minimum Gasteiger partial charge on any atom is -0.307 e. The molecule has 0 aliphatic rings. The third kappa shape index (κ3) is 3.29. The van der Waals surface area contributed by atoms with Crippen molar-refractivity contribution in [1.29, 1.82) is 0 Å². The first-order chi connectivity index (χ1) is 8.25. The number of aromatic nitrogens is 2. The van der Waals surface area contributed by atoms with Gasteiger partial charge in [0, 0.05) is 31.7 Å². The number of halogens is 2. The number of benzene rings is 1. The number of rotatable bonds is 4. The van der Waals surface area contributed by atoms with Crippen LogP contribution in [0.5, 0.6) is 0 Å². The van der Waals surface area contributed by atoms with Crippen molar-refractivity contribution < 1.29 is 8.78 Å². The molecule has 0 amide bonds. The van der Waals surface area contributed by atoms with E-state index < -0.39 is 11.6 Å². The van der Waals surface area contributed by atoms with Crippen LogP contribution in [0.1, 0.15) is 11.3 Å². The minimum absolute atomic E-state index is 0.452. The summed E-state index contributed by atoms with van der Waals surface area (Å²) in [6.45, 7) is 0.987. The first-order valence-electron chi connectivity index (χ1n) is 5.15. The van der Waals surface area contributed by atoms with E-state index in [4.69, 9.17) is 0 Å². The molecule has 88 valence electrons. The Bertz CT molecular complexity index is 488. The predicted molar refractivity (Wildman–Crippen MR) is 58.9 cm³/mol. The SMILES string of the molecule is Fc1ccc(CNCc2cnccn2)cc1F. The van der Waals surface area contributed by atoms with Crippen molar-refractivity contribution in [3.63, 3.8) is 0 Å². The molecule has 0 saturated carbocycles. The molecule has 5 heteroatoms. The molecule has 0 atom stereocenters. The fourth-order valence-corrected chi connectivity index (χ4v) is 1.41. The average Bonchev–Trinajstić information content (AvgIpc) is 2.35. The van der Waals surface area contributed by atoms with Crippen molar-refractivity contribution in [2.75, 3.05) is 0 Å². The molecule has 0 aliphatic heterocycles. The highest BCUT2D eigenvalue weighted by Gasteiger charge is 2.02. The maximum Gasteiger partial charge on any atom is 0.159 e. The van der Waals surface area contributed by atoms with Crippen molar-refractivity contribution in [2.24, 2.45) is 0 Å². The van der Waals surface area contributed by atoms with Crippen molar-refractivity contribution in [3.05, 3.63) is 59.7 Å². The molecule has 0 saturated heterocycles. The zero-order chi connectivity index (χ0) is 12.1.